The van der Waals surface area contributed by atoms with E-state index < -0.39 is 0 Å². The zero-order chi connectivity index (χ0) is 24.5. The average Bonchev–Trinajstić information content (AvgIpc) is 3.28. The summed E-state index contributed by atoms with van der Waals surface area (Å²) in [4.78, 5) is 8.81. The maximum atomic E-state index is 8.59. The molecule has 0 aromatic carbocycles. The van der Waals surface area contributed by atoms with Crippen molar-refractivity contribution in [3.63, 3.8) is 0 Å². The molecule has 2 fully saturated rings. The highest BCUT2D eigenvalue weighted by molar-refractivity contribution is 5.92. The van der Waals surface area contributed by atoms with Gasteiger partial charge in [0, 0.05) is 26.6 Å². The summed E-state index contributed by atoms with van der Waals surface area (Å²) in [7, 11) is 4.34. The number of nitrogens with zero attached hydrogens (tertiary/aromatic N) is 5. The third-order valence-corrected chi connectivity index (χ3v) is 8.60. The molecule has 2 aliphatic rings. The molecule has 0 amide bonds. The fourth-order valence-corrected chi connectivity index (χ4v) is 5.49. The Bertz CT molecular complexity index is 620. The molecule has 8 heteroatoms. The van der Waals surface area contributed by atoms with E-state index in [0.717, 1.165) is 87.4 Å². The van der Waals surface area contributed by atoms with Crippen LogP contribution in [0.3, 0.4) is 0 Å². The number of hydrogen-bond acceptors (Lipinski definition) is 2. The molecule has 0 saturated carbocycles. The monoisotopic (exact) mass is 467 g/mol. The van der Waals surface area contributed by atoms with Gasteiger partial charge in [-0.2, -0.15) is 4.99 Å². The maximum Gasteiger partial charge on any atom is 0.220 e. The largest absolute Gasteiger partial charge is 0.370 e. The van der Waals surface area contributed by atoms with Crippen LogP contribution in [0.25, 0.3) is 0 Å². The smallest absolute Gasteiger partial charge is 0.220 e. The van der Waals surface area contributed by atoms with Crippen LogP contribution >= 0.6 is 0 Å². The number of quaternary nitrogens is 2. The van der Waals surface area contributed by atoms with Gasteiger partial charge < -0.3 is 29.2 Å². The first kappa shape index (κ1) is 27.9. The molecule has 0 spiro atoms. The molecule has 3 N–H and O–H groups in total. The molecule has 2 atom stereocenters. The van der Waals surface area contributed by atoms with Crippen LogP contribution in [-0.4, -0.2) is 123 Å². The van der Waals surface area contributed by atoms with E-state index >= 15 is 0 Å². The van der Waals surface area contributed by atoms with E-state index in [0.29, 0.717) is 17.9 Å². The Kier molecular flexibility index (Phi) is 10.9. The Balaban J connectivity index is 1.93. The van der Waals surface area contributed by atoms with Crippen molar-refractivity contribution in [1.29, 1.82) is 5.41 Å². The lowest BCUT2D eigenvalue weighted by Crippen LogP contribution is -2.56. The van der Waals surface area contributed by atoms with Crippen LogP contribution in [0, 0.1) is 11.3 Å². The zero-order valence-electron chi connectivity index (χ0n) is 22.5. The first-order valence-electron chi connectivity index (χ1n) is 13.4. The number of likely N-dealkylation sites (tertiary alicyclic amines) is 1. The van der Waals surface area contributed by atoms with Gasteiger partial charge in [0.15, 0.2) is 5.96 Å². The zero-order valence-corrected chi connectivity index (χ0v) is 22.5. The molecule has 2 rings (SSSR count). The van der Waals surface area contributed by atoms with Crippen molar-refractivity contribution >= 4 is 11.9 Å². The summed E-state index contributed by atoms with van der Waals surface area (Å²) < 4.78 is 7.77. The Morgan fingerprint density at radius 3 is 2.42 bits per heavy atom. The van der Waals surface area contributed by atoms with Crippen LogP contribution in [0.15, 0.2) is 4.99 Å². The topological polar surface area (TPSA) is 77.9 Å². The van der Waals surface area contributed by atoms with Gasteiger partial charge in [-0.25, -0.2) is 0 Å². The number of ether oxygens (including phenoxy) is 1. The number of aliphatic imine (C=N–C) groups is 1. The Morgan fingerprint density at radius 2 is 1.85 bits per heavy atom. The van der Waals surface area contributed by atoms with E-state index in [9.17, 15) is 0 Å². The van der Waals surface area contributed by atoms with Crippen LogP contribution in [-0.2, 0) is 4.74 Å². The fraction of sp³-hybridized carbons (Fsp3) is 0.920. The van der Waals surface area contributed by atoms with E-state index in [-0.39, 0.29) is 5.96 Å². The molecule has 2 heterocycles. The molecule has 0 bridgehead atoms. The van der Waals surface area contributed by atoms with Crippen LogP contribution in [0.2, 0.25) is 0 Å². The second-order valence-corrected chi connectivity index (χ2v) is 10.6. The number of nitrogens with one attached hydrogen (secondary N) is 1. The SMILES string of the molecule is CCC(CC[N+]1(C)CCOCC1)CN(C)C(=N)N=C(N)N1CCCC1C[N+](CC)(CC)CC. The lowest BCUT2D eigenvalue weighted by atomic mass is 10.0. The molecular weight excluding hydrogens is 414 g/mol. The van der Waals surface area contributed by atoms with E-state index in [4.69, 9.17) is 15.9 Å². The summed E-state index contributed by atoms with van der Waals surface area (Å²) in [5.74, 6) is 1.36. The van der Waals surface area contributed by atoms with E-state index in [1.807, 2.05) is 11.9 Å². The molecule has 2 aliphatic heterocycles. The van der Waals surface area contributed by atoms with Crippen LogP contribution in [0.5, 0.6) is 0 Å². The summed E-state index contributed by atoms with van der Waals surface area (Å²) in [6.07, 6.45) is 4.61. The standard InChI is InChI=1S/C25H53N7O/c1-7-22(13-15-31(6)16-18-33-19-17-31)20-29(5)24(26)28-25(27)30-14-11-12-23(30)21-32(8-2,9-3)10-4/h22-23H,7-21H2,1-6H3,(H3,26,27,28)/q+2. The maximum absolute atomic E-state index is 8.59. The predicted molar refractivity (Wildman–Crippen MR) is 138 cm³/mol. The Hall–Kier alpha value is -1.38. The van der Waals surface area contributed by atoms with Gasteiger partial charge in [0.1, 0.15) is 13.1 Å². The van der Waals surface area contributed by atoms with Crippen LogP contribution < -0.4 is 5.73 Å². The molecule has 0 aromatic rings. The minimum atomic E-state index is 0.283. The molecule has 8 nitrogen and oxygen atoms in total. The molecule has 33 heavy (non-hydrogen) atoms. The van der Waals surface area contributed by atoms with Crippen LogP contribution in [0.1, 0.15) is 53.4 Å². The van der Waals surface area contributed by atoms with Crippen molar-refractivity contribution in [2.45, 2.75) is 59.4 Å². The molecule has 0 aromatic heterocycles. The molecule has 0 radical (unpaired) electrons. The number of rotatable bonds is 11. The van der Waals surface area contributed by atoms with E-state index in [2.05, 4.69) is 44.6 Å². The summed E-state index contributed by atoms with van der Waals surface area (Å²) in [6.45, 7) is 20.6. The number of likely N-dealkylation sites (N-methyl/N-ethyl adjacent to an activating group) is 2. The number of nitrogens with two attached hydrogens (primary N) is 1. The van der Waals surface area contributed by atoms with E-state index in [1.165, 1.54) is 19.4 Å². The van der Waals surface area contributed by atoms with Crippen molar-refractivity contribution < 1.29 is 13.7 Å². The highest BCUT2D eigenvalue weighted by Crippen LogP contribution is 2.22. The lowest BCUT2D eigenvalue weighted by molar-refractivity contribution is -0.924. The molecular formula is C25H53N7O+2. The molecule has 0 aliphatic carbocycles. The third-order valence-electron chi connectivity index (χ3n) is 8.60. The number of morpholine rings is 1. The van der Waals surface area contributed by atoms with Crippen molar-refractivity contribution in [3.05, 3.63) is 0 Å². The van der Waals surface area contributed by atoms with Gasteiger partial charge in [0.2, 0.25) is 5.96 Å². The Labute approximate surface area is 203 Å². The van der Waals surface area contributed by atoms with E-state index in [1.54, 1.807) is 0 Å². The lowest BCUT2D eigenvalue weighted by Gasteiger charge is -2.40. The van der Waals surface area contributed by atoms with Gasteiger partial charge in [-0.3, -0.25) is 5.41 Å². The van der Waals surface area contributed by atoms with Crippen molar-refractivity contribution in [2.24, 2.45) is 16.6 Å². The van der Waals surface area contributed by atoms with Crippen molar-refractivity contribution in [1.82, 2.24) is 9.80 Å². The average molecular weight is 468 g/mol. The quantitative estimate of drug-likeness (QED) is 0.278. The summed E-state index contributed by atoms with van der Waals surface area (Å²) in [6, 6.07) is 0.424. The highest BCUT2D eigenvalue weighted by atomic mass is 16.5. The summed E-state index contributed by atoms with van der Waals surface area (Å²) in [5, 5.41) is 8.59. The number of guanidine groups is 2. The minimum Gasteiger partial charge on any atom is -0.370 e. The van der Waals surface area contributed by atoms with Crippen molar-refractivity contribution in [2.75, 3.05) is 86.2 Å². The molecule has 2 unspecified atom stereocenters. The first-order chi connectivity index (χ1) is 15.7. The van der Waals surface area contributed by atoms with Gasteiger partial charge in [-0.05, 0) is 39.5 Å². The van der Waals surface area contributed by atoms with Gasteiger partial charge in [-0.1, -0.05) is 13.3 Å². The predicted octanol–water partition coefficient (Wildman–Crippen LogP) is 2.40. The highest BCUT2D eigenvalue weighted by Gasteiger charge is 2.34. The minimum absolute atomic E-state index is 0.283. The normalized spacial score (nSPS) is 22.4. The summed E-state index contributed by atoms with van der Waals surface area (Å²) in [5.41, 5.74) is 6.48. The van der Waals surface area contributed by atoms with Gasteiger partial charge >= 0.3 is 0 Å². The van der Waals surface area contributed by atoms with Gasteiger partial charge in [0.25, 0.3) is 0 Å². The fourth-order valence-electron chi connectivity index (χ4n) is 5.49. The third kappa shape index (κ3) is 7.82. The number of hydrogen-bond donors (Lipinski definition) is 2. The second kappa shape index (κ2) is 12.9. The van der Waals surface area contributed by atoms with Crippen molar-refractivity contribution in [3.8, 4) is 0 Å². The second-order valence-electron chi connectivity index (χ2n) is 10.6. The first-order valence-corrected chi connectivity index (χ1v) is 13.4. The summed E-state index contributed by atoms with van der Waals surface area (Å²) >= 11 is 0. The van der Waals surface area contributed by atoms with Gasteiger partial charge in [0.05, 0.1) is 59.0 Å². The molecule has 2 saturated heterocycles. The van der Waals surface area contributed by atoms with Gasteiger partial charge in [-0.15, -0.1) is 0 Å². The molecule has 192 valence electrons. The Morgan fingerprint density at radius 1 is 1.21 bits per heavy atom. The van der Waals surface area contributed by atoms with Crippen LogP contribution in [0.4, 0.5) is 0 Å².